The molecule has 0 spiro atoms. The fourth-order valence-corrected chi connectivity index (χ4v) is 1.90. The first-order valence-corrected chi connectivity index (χ1v) is 5.10. The van der Waals surface area contributed by atoms with Crippen molar-refractivity contribution in [2.75, 3.05) is 16.8 Å². The topological polar surface area (TPSA) is 45.2 Å². The van der Waals surface area contributed by atoms with E-state index in [1.165, 1.54) is 0 Å². The molecule has 80 valence electrons. The molecule has 1 aromatic heterocycles. The fourth-order valence-electron chi connectivity index (χ4n) is 1.90. The quantitative estimate of drug-likeness (QED) is 0.699. The molecule has 2 rings (SSSR count). The van der Waals surface area contributed by atoms with Crippen molar-refractivity contribution in [2.24, 2.45) is 0 Å². The van der Waals surface area contributed by atoms with Crippen molar-refractivity contribution < 1.29 is 4.79 Å². The van der Waals surface area contributed by atoms with Crippen LogP contribution >= 0.6 is 0 Å². The first-order valence-electron chi connectivity index (χ1n) is 5.10. The molecular weight excluding hydrogens is 190 g/mol. The fraction of sp³-hybridized carbons (Fsp3) is 0.455. The van der Waals surface area contributed by atoms with Gasteiger partial charge < -0.3 is 5.32 Å². The maximum absolute atomic E-state index is 11.5. The summed E-state index contributed by atoms with van der Waals surface area (Å²) in [6.07, 6.45) is 1.79. The van der Waals surface area contributed by atoms with Crippen molar-refractivity contribution >= 4 is 17.4 Å². The van der Waals surface area contributed by atoms with Crippen molar-refractivity contribution in [1.29, 1.82) is 0 Å². The average Bonchev–Trinajstić information content (AvgIpc) is 2.17. The van der Waals surface area contributed by atoms with Crippen molar-refractivity contribution in [3.63, 3.8) is 0 Å². The van der Waals surface area contributed by atoms with E-state index >= 15 is 0 Å². The molecule has 0 saturated carbocycles. The van der Waals surface area contributed by atoms with E-state index in [4.69, 9.17) is 0 Å². The molecule has 1 aliphatic rings. The Balaban J connectivity index is 2.48. The van der Waals surface area contributed by atoms with Crippen LogP contribution in [0.15, 0.2) is 12.3 Å². The maximum Gasteiger partial charge on any atom is 0.225 e. The maximum atomic E-state index is 11.5. The molecule has 0 saturated heterocycles. The predicted octanol–water partition coefficient (Wildman–Crippen LogP) is 1.56. The second-order valence-electron chi connectivity index (χ2n) is 4.00. The number of hydrogen-bond acceptors (Lipinski definition) is 3. The van der Waals surface area contributed by atoms with Gasteiger partial charge in [0.2, 0.25) is 5.91 Å². The van der Waals surface area contributed by atoms with Crippen LogP contribution in [0.1, 0.15) is 19.4 Å². The third-order valence-electron chi connectivity index (χ3n) is 2.60. The number of amides is 1. The van der Waals surface area contributed by atoms with E-state index in [0.29, 0.717) is 0 Å². The number of aromatic nitrogens is 1. The monoisotopic (exact) mass is 205 g/mol. The van der Waals surface area contributed by atoms with Gasteiger partial charge in [0.05, 0.1) is 11.7 Å². The minimum absolute atomic E-state index is 0.0432. The number of fused-ring (bicyclic) bond motifs is 1. The van der Waals surface area contributed by atoms with Crippen molar-refractivity contribution in [2.45, 2.75) is 26.8 Å². The highest BCUT2D eigenvalue weighted by molar-refractivity contribution is 5.95. The minimum Gasteiger partial charge on any atom is -0.380 e. The third kappa shape index (κ3) is 1.67. The standard InChI is InChI=1S/C11H15N3O/c1-7-4-10-11(13-5-7)14(9(3)15)8(2)6-12-10/h4-5,8,12H,6H2,1-3H3/t8-/m0/s1. The Labute approximate surface area is 89.3 Å². The van der Waals surface area contributed by atoms with Crippen LogP contribution in [0.3, 0.4) is 0 Å². The molecule has 2 heterocycles. The Morgan fingerprint density at radius 3 is 3.07 bits per heavy atom. The number of pyridine rings is 1. The summed E-state index contributed by atoms with van der Waals surface area (Å²) in [5.41, 5.74) is 2.04. The molecule has 15 heavy (non-hydrogen) atoms. The Bertz CT molecular complexity index is 403. The number of nitrogens with zero attached hydrogens (tertiary/aromatic N) is 2. The lowest BCUT2D eigenvalue weighted by Gasteiger charge is -2.34. The lowest BCUT2D eigenvalue weighted by molar-refractivity contribution is -0.117. The second kappa shape index (κ2) is 3.53. The summed E-state index contributed by atoms with van der Waals surface area (Å²) < 4.78 is 0. The molecular formula is C11H15N3O. The molecule has 1 atom stereocenters. The summed E-state index contributed by atoms with van der Waals surface area (Å²) in [5.74, 6) is 0.786. The van der Waals surface area contributed by atoms with Crippen LogP contribution < -0.4 is 10.2 Å². The van der Waals surface area contributed by atoms with Crippen LogP contribution in [-0.4, -0.2) is 23.5 Å². The molecule has 0 aliphatic carbocycles. The molecule has 1 N–H and O–H groups in total. The van der Waals surface area contributed by atoms with Gasteiger partial charge in [0, 0.05) is 19.7 Å². The number of carbonyl (C=O) groups excluding carboxylic acids is 1. The minimum atomic E-state index is 0.0432. The number of carbonyl (C=O) groups is 1. The van der Waals surface area contributed by atoms with Crippen LogP contribution in [-0.2, 0) is 4.79 Å². The molecule has 0 unspecified atom stereocenters. The lowest BCUT2D eigenvalue weighted by atomic mass is 10.1. The summed E-state index contributed by atoms with van der Waals surface area (Å²) >= 11 is 0. The van der Waals surface area contributed by atoms with E-state index in [2.05, 4.69) is 10.3 Å². The van der Waals surface area contributed by atoms with Gasteiger partial charge in [-0.25, -0.2) is 4.98 Å². The second-order valence-corrected chi connectivity index (χ2v) is 4.00. The summed E-state index contributed by atoms with van der Waals surface area (Å²) in [6.45, 7) is 6.36. The first kappa shape index (κ1) is 9.96. The lowest BCUT2D eigenvalue weighted by Crippen LogP contribution is -2.45. The largest absolute Gasteiger partial charge is 0.380 e. The zero-order valence-electron chi connectivity index (χ0n) is 9.24. The third-order valence-corrected chi connectivity index (χ3v) is 2.60. The van der Waals surface area contributed by atoms with Crippen LogP contribution in [0, 0.1) is 6.92 Å². The molecule has 4 heteroatoms. The number of rotatable bonds is 0. The van der Waals surface area contributed by atoms with Gasteiger partial charge in [-0.05, 0) is 25.5 Å². The summed E-state index contributed by atoms with van der Waals surface area (Å²) in [7, 11) is 0. The zero-order valence-corrected chi connectivity index (χ0v) is 9.24. The van der Waals surface area contributed by atoms with E-state index in [1.807, 2.05) is 19.9 Å². The van der Waals surface area contributed by atoms with E-state index in [-0.39, 0.29) is 11.9 Å². The van der Waals surface area contributed by atoms with Crippen molar-refractivity contribution in [3.05, 3.63) is 17.8 Å². The Morgan fingerprint density at radius 2 is 2.40 bits per heavy atom. The SMILES string of the molecule is CC(=O)N1c2ncc(C)cc2NC[C@@H]1C. The Morgan fingerprint density at radius 1 is 1.67 bits per heavy atom. The Hall–Kier alpha value is -1.58. The van der Waals surface area contributed by atoms with Crippen LogP contribution in [0.4, 0.5) is 11.5 Å². The summed E-state index contributed by atoms with van der Waals surface area (Å²) in [6, 6.07) is 2.18. The highest BCUT2D eigenvalue weighted by Gasteiger charge is 2.26. The van der Waals surface area contributed by atoms with Gasteiger partial charge in [-0.2, -0.15) is 0 Å². The normalized spacial score (nSPS) is 19.4. The van der Waals surface area contributed by atoms with Crippen LogP contribution in [0.2, 0.25) is 0 Å². The van der Waals surface area contributed by atoms with Gasteiger partial charge in [-0.3, -0.25) is 9.69 Å². The molecule has 4 nitrogen and oxygen atoms in total. The highest BCUT2D eigenvalue weighted by atomic mass is 16.2. The first-order chi connectivity index (χ1) is 7.09. The average molecular weight is 205 g/mol. The van der Waals surface area contributed by atoms with Gasteiger partial charge in [0.15, 0.2) is 5.82 Å². The zero-order chi connectivity index (χ0) is 11.0. The molecule has 0 aromatic carbocycles. The van der Waals surface area contributed by atoms with Gasteiger partial charge in [0.25, 0.3) is 0 Å². The predicted molar refractivity (Wildman–Crippen MR) is 60.1 cm³/mol. The van der Waals surface area contributed by atoms with Crippen molar-refractivity contribution in [3.8, 4) is 0 Å². The Kier molecular flexibility index (Phi) is 2.34. The number of aryl methyl sites for hydroxylation is 1. The van der Waals surface area contributed by atoms with Crippen molar-refractivity contribution in [1.82, 2.24) is 4.98 Å². The molecule has 1 amide bonds. The van der Waals surface area contributed by atoms with Crippen LogP contribution in [0.5, 0.6) is 0 Å². The van der Waals surface area contributed by atoms with E-state index in [9.17, 15) is 4.79 Å². The van der Waals surface area contributed by atoms with Gasteiger partial charge >= 0.3 is 0 Å². The van der Waals surface area contributed by atoms with Gasteiger partial charge in [0.1, 0.15) is 0 Å². The van der Waals surface area contributed by atoms with Gasteiger partial charge in [-0.1, -0.05) is 0 Å². The summed E-state index contributed by atoms with van der Waals surface area (Å²) in [5, 5.41) is 3.28. The van der Waals surface area contributed by atoms with Gasteiger partial charge in [-0.15, -0.1) is 0 Å². The number of hydrogen-bond donors (Lipinski definition) is 1. The summed E-state index contributed by atoms with van der Waals surface area (Å²) in [4.78, 5) is 17.6. The van der Waals surface area contributed by atoms with Crippen LogP contribution in [0.25, 0.3) is 0 Å². The molecule has 1 aromatic rings. The smallest absolute Gasteiger partial charge is 0.225 e. The molecule has 1 aliphatic heterocycles. The van der Waals surface area contributed by atoms with E-state index in [0.717, 1.165) is 23.6 Å². The molecule has 0 bridgehead atoms. The van der Waals surface area contributed by atoms with E-state index in [1.54, 1.807) is 18.0 Å². The van der Waals surface area contributed by atoms with E-state index < -0.39 is 0 Å². The molecule has 0 fully saturated rings. The number of anilines is 2. The molecule has 0 radical (unpaired) electrons. The highest BCUT2D eigenvalue weighted by Crippen LogP contribution is 2.29. The number of nitrogens with one attached hydrogen (secondary N) is 1.